The van der Waals surface area contributed by atoms with Gasteiger partial charge in [-0.2, -0.15) is 0 Å². The van der Waals surface area contributed by atoms with E-state index in [4.69, 9.17) is 11.6 Å². The third kappa shape index (κ3) is 4.05. The second-order valence-electron chi connectivity index (χ2n) is 4.78. The van der Waals surface area contributed by atoms with E-state index < -0.39 is 0 Å². The van der Waals surface area contributed by atoms with Gasteiger partial charge in [-0.25, -0.2) is 4.39 Å². The third-order valence-corrected chi connectivity index (χ3v) is 4.13. The molecule has 0 aliphatic carbocycles. The number of aliphatic hydroxyl groups is 1. The fraction of sp³-hybridized carbons (Fsp3) is 0.250. The van der Waals surface area contributed by atoms with E-state index in [9.17, 15) is 9.50 Å². The smallest absolute Gasteiger partial charge is 0.127 e. The molecular weight excluding hydrogens is 343 g/mol. The topological polar surface area (TPSA) is 20.2 Å². The summed E-state index contributed by atoms with van der Waals surface area (Å²) in [5.41, 5.74) is 1.59. The van der Waals surface area contributed by atoms with Crippen LogP contribution in [0, 0.1) is 11.7 Å². The van der Waals surface area contributed by atoms with E-state index >= 15 is 0 Å². The molecule has 106 valence electrons. The first-order valence-corrected chi connectivity index (χ1v) is 7.55. The maximum atomic E-state index is 13.8. The van der Waals surface area contributed by atoms with Crippen LogP contribution in [0.1, 0.15) is 11.1 Å². The molecule has 0 radical (unpaired) electrons. The Kier molecular flexibility index (Phi) is 5.58. The van der Waals surface area contributed by atoms with Gasteiger partial charge in [0.1, 0.15) is 5.82 Å². The Bertz CT molecular complexity index is 551. The van der Waals surface area contributed by atoms with Crippen molar-refractivity contribution in [3.63, 3.8) is 0 Å². The van der Waals surface area contributed by atoms with E-state index in [1.165, 1.54) is 6.07 Å². The minimum absolute atomic E-state index is 0.000721. The maximum absolute atomic E-state index is 13.8. The van der Waals surface area contributed by atoms with Crippen molar-refractivity contribution in [1.29, 1.82) is 0 Å². The van der Waals surface area contributed by atoms with Crippen molar-refractivity contribution in [2.45, 2.75) is 12.8 Å². The summed E-state index contributed by atoms with van der Waals surface area (Å²) in [6, 6.07) is 12.6. The van der Waals surface area contributed by atoms with Crippen LogP contribution in [0.5, 0.6) is 0 Å². The molecule has 4 heteroatoms. The lowest BCUT2D eigenvalue weighted by Gasteiger charge is -2.16. The van der Waals surface area contributed by atoms with Crippen molar-refractivity contribution in [2.75, 3.05) is 6.61 Å². The first kappa shape index (κ1) is 15.5. The van der Waals surface area contributed by atoms with Crippen LogP contribution in [0.25, 0.3) is 0 Å². The van der Waals surface area contributed by atoms with E-state index in [-0.39, 0.29) is 18.3 Å². The lowest BCUT2D eigenvalue weighted by molar-refractivity contribution is 0.224. The van der Waals surface area contributed by atoms with Gasteiger partial charge in [0.25, 0.3) is 0 Å². The summed E-state index contributed by atoms with van der Waals surface area (Å²) in [5.74, 6) is -0.364. The molecule has 1 unspecified atom stereocenters. The van der Waals surface area contributed by atoms with E-state index in [1.807, 2.05) is 24.3 Å². The first-order chi connectivity index (χ1) is 9.60. The zero-order chi connectivity index (χ0) is 14.5. The average Bonchev–Trinajstić information content (AvgIpc) is 2.44. The number of benzene rings is 2. The highest BCUT2D eigenvalue weighted by Crippen LogP contribution is 2.24. The Labute approximate surface area is 131 Å². The molecular formula is C16H15BrClFO. The molecule has 0 aliphatic rings. The average molecular weight is 358 g/mol. The molecule has 0 saturated carbocycles. The number of aliphatic hydroxyl groups excluding tert-OH is 1. The fourth-order valence-electron chi connectivity index (χ4n) is 2.17. The van der Waals surface area contributed by atoms with Gasteiger partial charge in [0, 0.05) is 21.7 Å². The standard InChI is InChI=1S/C16H15BrClFO/c17-13-6-4-11(5-7-13)8-12(10-20)9-14-15(18)2-1-3-16(14)19/h1-7,12,20H,8-10H2. The zero-order valence-corrected chi connectivity index (χ0v) is 13.2. The molecule has 0 bridgehead atoms. The highest BCUT2D eigenvalue weighted by Gasteiger charge is 2.15. The van der Waals surface area contributed by atoms with Gasteiger partial charge in [0.2, 0.25) is 0 Å². The van der Waals surface area contributed by atoms with Gasteiger partial charge in [-0.3, -0.25) is 0 Å². The van der Waals surface area contributed by atoms with E-state index in [0.717, 1.165) is 10.0 Å². The van der Waals surface area contributed by atoms with Crippen molar-refractivity contribution in [3.05, 3.63) is 68.9 Å². The SMILES string of the molecule is OCC(Cc1ccc(Br)cc1)Cc1c(F)cccc1Cl. The van der Waals surface area contributed by atoms with Crippen molar-refractivity contribution < 1.29 is 9.50 Å². The normalized spacial score (nSPS) is 12.4. The Morgan fingerprint density at radius 1 is 1.10 bits per heavy atom. The summed E-state index contributed by atoms with van der Waals surface area (Å²) in [6.07, 6.45) is 1.12. The molecule has 0 aliphatic heterocycles. The van der Waals surface area contributed by atoms with E-state index in [1.54, 1.807) is 12.1 Å². The minimum Gasteiger partial charge on any atom is -0.396 e. The van der Waals surface area contributed by atoms with Crippen LogP contribution in [-0.4, -0.2) is 11.7 Å². The second-order valence-corrected chi connectivity index (χ2v) is 6.11. The molecule has 0 fully saturated rings. The number of halogens is 3. The Morgan fingerprint density at radius 2 is 1.80 bits per heavy atom. The lowest BCUT2D eigenvalue weighted by Crippen LogP contribution is -2.14. The van der Waals surface area contributed by atoms with E-state index in [2.05, 4.69) is 15.9 Å². The van der Waals surface area contributed by atoms with Crippen molar-refractivity contribution >= 4 is 27.5 Å². The lowest BCUT2D eigenvalue weighted by atomic mass is 9.93. The van der Waals surface area contributed by atoms with Crippen LogP contribution in [0.3, 0.4) is 0 Å². The number of hydrogen-bond donors (Lipinski definition) is 1. The molecule has 2 aromatic carbocycles. The van der Waals surface area contributed by atoms with Crippen LogP contribution < -0.4 is 0 Å². The maximum Gasteiger partial charge on any atom is 0.127 e. The fourth-order valence-corrected chi connectivity index (χ4v) is 2.68. The van der Waals surface area contributed by atoms with Crippen LogP contribution in [0.4, 0.5) is 4.39 Å². The van der Waals surface area contributed by atoms with Crippen LogP contribution >= 0.6 is 27.5 Å². The first-order valence-electron chi connectivity index (χ1n) is 6.38. The van der Waals surface area contributed by atoms with Crippen molar-refractivity contribution in [2.24, 2.45) is 5.92 Å². The van der Waals surface area contributed by atoms with Gasteiger partial charge in [-0.1, -0.05) is 45.7 Å². The van der Waals surface area contributed by atoms with Crippen molar-refractivity contribution in [3.8, 4) is 0 Å². The zero-order valence-electron chi connectivity index (χ0n) is 10.8. The molecule has 1 N–H and O–H groups in total. The number of hydrogen-bond acceptors (Lipinski definition) is 1. The monoisotopic (exact) mass is 356 g/mol. The summed E-state index contributed by atoms with van der Waals surface area (Å²) >= 11 is 9.41. The van der Waals surface area contributed by atoms with Gasteiger partial charge < -0.3 is 5.11 Å². The molecule has 1 nitrogen and oxygen atoms in total. The molecule has 2 rings (SSSR count). The van der Waals surface area contributed by atoms with Gasteiger partial charge in [0.05, 0.1) is 0 Å². The molecule has 0 aromatic heterocycles. The predicted octanol–water partition coefficient (Wildman–Crippen LogP) is 4.64. The van der Waals surface area contributed by atoms with Gasteiger partial charge >= 0.3 is 0 Å². The summed E-state index contributed by atoms with van der Waals surface area (Å²) in [4.78, 5) is 0. The number of rotatable bonds is 5. The highest BCUT2D eigenvalue weighted by molar-refractivity contribution is 9.10. The third-order valence-electron chi connectivity index (χ3n) is 3.25. The predicted molar refractivity (Wildman–Crippen MR) is 83.5 cm³/mol. The van der Waals surface area contributed by atoms with Gasteiger partial charge in [-0.05, 0) is 48.6 Å². The second kappa shape index (κ2) is 7.21. The molecule has 20 heavy (non-hydrogen) atoms. The summed E-state index contributed by atoms with van der Waals surface area (Å²) < 4.78 is 14.8. The molecule has 0 spiro atoms. The summed E-state index contributed by atoms with van der Waals surface area (Å²) in [6.45, 7) is 0.000721. The molecule has 0 heterocycles. The highest BCUT2D eigenvalue weighted by atomic mass is 79.9. The van der Waals surface area contributed by atoms with Crippen LogP contribution in [0.15, 0.2) is 46.9 Å². The van der Waals surface area contributed by atoms with Crippen LogP contribution in [-0.2, 0) is 12.8 Å². The quantitative estimate of drug-likeness (QED) is 0.827. The molecule has 1 atom stereocenters. The molecule has 0 amide bonds. The largest absolute Gasteiger partial charge is 0.396 e. The van der Waals surface area contributed by atoms with Gasteiger partial charge in [-0.15, -0.1) is 0 Å². The Hall–Kier alpha value is -0.900. The summed E-state index contributed by atoms with van der Waals surface area (Å²) in [7, 11) is 0. The summed E-state index contributed by atoms with van der Waals surface area (Å²) in [5, 5.41) is 9.93. The Morgan fingerprint density at radius 3 is 2.40 bits per heavy atom. The van der Waals surface area contributed by atoms with Gasteiger partial charge in [0.15, 0.2) is 0 Å². The molecule has 0 saturated heterocycles. The van der Waals surface area contributed by atoms with Crippen LogP contribution in [0.2, 0.25) is 5.02 Å². The van der Waals surface area contributed by atoms with Crippen molar-refractivity contribution in [1.82, 2.24) is 0 Å². The van der Waals surface area contributed by atoms with E-state index in [0.29, 0.717) is 23.4 Å². The minimum atomic E-state index is -0.313. The molecule has 2 aromatic rings. The Balaban J connectivity index is 2.11.